The van der Waals surface area contributed by atoms with Crippen molar-refractivity contribution >= 4 is 29.5 Å². The Kier molecular flexibility index (Phi) is 6.99. The first-order valence-corrected chi connectivity index (χ1v) is 10.6. The van der Waals surface area contributed by atoms with Crippen LogP contribution in [0.1, 0.15) is 32.6 Å². The maximum Gasteiger partial charge on any atom is 0.221 e. The molecule has 0 spiro atoms. The largest absolute Gasteiger partial charge is 0.356 e. The van der Waals surface area contributed by atoms with Gasteiger partial charge in [-0.1, -0.05) is 13.0 Å². The highest BCUT2D eigenvalue weighted by atomic mass is 32.1. The van der Waals surface area contributed by atoms with Gasteiger partial charge in [0.15, 0.2) is 10.6 Å². The van der Waals surface area contributed by atoms with Gasteiger partial charge in [-0.3, -0.25) is 14.5 Å². The predicted octanol–water partition coefficient (Wildman–Crippen LogP) is 3.30. The van der Waals surface area contributed by atoms with Gasteiger partial charge in [-0.05, 0) is 68.5 Å². The number of carbonyl (C=O) groups is 1. The van der Waals surface area contributed by atoms with Gasteiger partial charge in [0.25, 0.3) is 0 Å². The van der Waals surface area contributed by atoms with E-state index in [1.165, 1.54) is 25.9 Å². The molecule has 0 aliphatic carbocycles. The zero-order valence-corrected chi connectivity index (χ0v) is 16.9. The summed E-state index contributed by atoms with van der Waals surface area (Å²) in [6.07, 6.45) is 4.01. The van der Waals surface area contributed by atoms with Gasteiger partial charge < -0.3 is 10.2 Å². The molecule has 2 aromatic rings. The minimum Gasteiger partial charge on any atom is -0.356 e. The molecular formula is C18H27N5OS2. The lowest BCUT2D eigenvalue weighted by atomic mass is 9.99. The van der Waals surface area contributed by atoms with E-state index >= 15 is 0 Å². The standard InChI is InChI=1S/C18H27N5OS2/c1-14-5-10-22(11-6-14)9-3-8-19-16(24)7-12-23-17(20-21-18(23)25)15-4-2-13-26-15/h2,4,13-14H,3,5-12H2,1H3,(H,19,24)(H,21,25). The Morgan fingerprint density at radius 2 is 2.23 bits per heavy atom. The number of aromatic nitrogens is 3. The zero-order chi connectivity index (χ0) is 18.4. The minimum absolute atomic E-state index is 0.0671. The Balaban J connectivity index is 1.38. The third kappa shape index (κ3) is 5.25. The van der Waals surface area contributed by atoms with Crippen LogP contribution in [-0.2, 0) is 11.3 Å². The highest BCUT2D eigenvalue weighted by Gasteiger charge is 2.15. The Labute approximate surface area is 163 Å². The third-order valence-electron chi connectivity index (χ3n) is 4.91. The highest BCUT2D eigenvalue weighted by molar-refractivity contribution is 7.71. The van der Waals surface area contributed by atoms with Crippen molar-refractivity contribution in [2.75, 3.05) is 26.2 Å². The molecule has 1 aliphatic heterocycles. The molecule has 1 saturated heterocycles. The summed E-state index contributed by atoms with van der Waals surface area (Å²) in [7, 11) is 0. The van der Waals surface area contributed by atoms with Crippen LogP contribution in [0.2, 0.25) is 0 Å². The SMILES string of the molecule is CC1CCN(CCCNC(=O)CCn2c(-c3cccs3)n[nH]c2=S)CC1. The van der Waals surface area contributed by atoms with E-state index in [1.807, 2.05) is 22.1 Å². The first-order valence-electron chi connectivity index (χ1n) is 9.31. The van der Waals surface area contributed by atoms with Crippen molar-refractivity contribution in [3.8, 4) is 10.7 Å². The van der Waals surface area contributed by atoms with Crippen LogP contribution >= 0.6 is 23.6 Å². The molecule has 0 unspecified atom stereocenters. The molecule has 2 N–H and O–H groups in total. The van der Waals surface area contributed by atoms with Gasteiger partial charge in [0.1, 0.15) is 0 Å². The average Bonchev–Trinajstić information content (AvgIpc) is 3.28. The number of hydrogen-bond donors (Lipinski definition) is 2. The van der Waals surface area contributed by atoms with Gasteiger partial charge in [-0.15, -0.1) is 11.3 Å². The van der Waals surface area contributed by atoms with Crippen LogP contribution in [0.5, 0.6) is 0 Å². The van der Waals surface area contributed by atoms with Gasteiger partial charge in [-0.2, -0.15) is 5.10 Å². The number of likely N-dealkylation sites (tertiary alicyclic amines) is 1. The smallest absolute Gasteiger partial charge is 0.221 e. The van der Waals surface area contributed by atoms with E-state index in [-0.39, 0.29) is 5.91 Å². The summed E-state index contributed by atoms with van der Waals surface area (Å²) in [5, 5.41) is 12.1. The van der Waals surface area contributed by atoms with E-state index in [0.717, 1.165) is 36.1 Å². The van der Waals surface area contributed by atoms with Crippen LogP contribution in [0.15, 0.2) is 17.5 Å². The number of amides is 1. The molecule has 3 heterocycles. The third-order valence-corrected chi connectivity index (χ3v) is 6.09. The number of piperidine rings is 1. The number of aromatic amines is 1. The fourth-order valence-electron chi connectivity index (χ4n) is 3.24. The van der Waals surface area contributed by atoms with E-state index in [1.54, 1.807) is 11.3 Å². The lowest BCUT2D eigenvalue weighted by Crippen LogP contribution is -2.35. The van der Waals surface area contributed by atoms with E-state index in [9.17, 15) is 4.79 Å². The van der Waals surface area contributed by atoms with Crippen molar-refractivity contribution in [3.63, 3.8) is 0 Å². The van der Waals surface area contributed by atoms with Crippen molar-refractivity contribution in [2.24, 2.45) is 5.92 Å². The maximum atomic E-state index is 12.1. The van der Waals surface area contributed by atoms with Gasteiger partial charge in [0.05, 0.1) is 4.88 Å². The highest BCUT2D eigenvalue weighted by Crippen LogP contribution is 2.22. The molecular weight excluding hydrogens is 366 g/mol. The number of thiophene rings is 1. The van der Waals surface area contributed by atoms with E-state index in [4.69, 9.17) is 12.2 Å². The van der Waals surface area contributed by atoms with E-state index in [0.29, 0.717) is 17.7 Å². The normalized spacial score (nSPS) is 16.0. The van der Waals surface area contributed by atoms with Gasteiger partial charge >= 0.3 is 0 Å². The van der Waals surface area contributed by atoms with Gasteiger partial charge in [-0.25, -0.2) is 0 Å². The number of carbonyl (C=O) groups excluding carboxylic acids is 1. The number of nitrogens with zero attached hydrogens (tertiary/aromatic N) is 3. The summed E-state index contributed by atoms with van der Waals surface area (Å²) < 4.78 is 2.45. The molecule has 0 atom stereocenters. The number of nitrogens with one attached hydrogen (secondary N) is 2. The molecule has 6 nitrogen and oxygen atoms in total. The Bertz CT molecular complexity index is 744. The van der Waals surface area contributed by atoms with Crippen LogP contribution < -0.4 is 5.32 Å². The molecule has 8 heteroatoms. The second kappa shape index (κ2) is 9.43. The van der Waals surface area contributed by atoms with Gasteiger partial charge in [0, 0.05) is 19.5 Å². The molecule has 2 aromatic heterocycles. The fourth-order valence-corrected chi connectivity index (χ4v) is 4.18. The van der Waals surface area contributed by atoms with Gasteiger partial charge in [0.2, 0.25) is 5.91 Å². The Hall–Kier alpha value is -1.51. The quantitative estimate of drug-likeness (QED) is 0.533. The molecule has 26 heavy (non-hydrogen) atoms. The summed E-state index contributed by atoms with van der Waals surface area (Å²) >= 11 is 6.91. The van der Waals surface area contributed by atoms with Crippen molar-refractivity contribution in [3.05, 3.63) is 22.3 Å². The molecule has 0 saturated carbocycles. The van der Waals surface area contributed by atoms with Crippen LogP contribution in [-0.4, -0.2) is 51.8 Å². The van der Waals surface area contributed by atoms with Crippen molar-refractivity contribution in [1.82, 2.24) is 25.0 Å². The van der Waals surface area contributed by atoms with Crippen molar-refractivity contribution in [1.29, 1.82) is 0 Å². The van der Waals surface area contributed by atoms with E-state index < -0.39 is 0 Å². The van der Waals surface area contributed by atoms with Crippen LogP contribution in [0.25, 0.3) is 10.7 Å². The molecule has 0 bridgehead atoms. The average molecular weight is 394 g/mol. The first kappa shape index (κ1) is 19.3. The van der Waals surface area contributed by atoms with Crippen molar-refractivity contribution in [2.45, 2.75) is 39.2 Å². The minimum atomic E-state index is 0.0671. The summed E-state index contributed by atoms with van der Waals surface area (Å²) in [5.74, 6) is 1.73. The summed E-state index contributed by atoms with van der Waals surface area (Å²) in [4.78, 5) is 15.7. The van der Waals surface area contributed by atoms with E-state index in [2.05, 4.69) is 27.3 Å². The molecule has 1 aliphatic rings. The molecule has 1 amide bonds. The van der Waals surface area contributed by atoms with Crippen LogP contribution in [0, 0.1) is 10.7 Å². The Morgan fingerprint density at radius 3 is 2.96 bits per heavy atom. The predicted molar refractivity (Wildman–Crippen MR) is 108 cm³/mol. The lowest BCUT2D eigenvalue weighted by molar-refractivity contribution is -0.121. The molecule has 3 rings (SSSR count). The summed E-state index contributed by atoms with van der Waals surface area (Å²) in [6.45, 7) is 7.06. The zero-order valence-electron chi connectivity index (χ0n) is 15.2. The first-order chi connectivity index (χ1) is 12.6. The van der Waals surface area contributed by atoms with Crippen molar-refractivity contribution < 1.29 is 4.79 Å². The summed E-state index contributed by atoms with van der Waals surface area (Å²) in [6, 6.07) is 3.99. The second-order valence-corrected chi connectivity index (χ2v) is 8.29. The lowest BCUT2D eigenvalue weighted by Gasteiger charge is -2.30. The molecule has 0 radical (unpaired) electrons. The second-order valence-electron chi connectivity index (χ2n) is 6.96. The number of H-pyrrole nitrogens is 1. The number of rotatable bonds is 8. The topological polar surface area (TPSA) is 66.0 Å². The monoisotopic (exact) mass is 393 g/mol. The number of hydrogen-bond acceptors (Lipinski definition) is 5. The maximum absolute atomic E-state index is 12.1. The summed E-state index contributed by atoms with van der Waals surface area (Å²) in [5.41, 5.74) is 0. The Morgan fingerprint density at radius 1 is 1.42 bits per heavy atom. The van der Waals surface area contributed by atoms with Crippen LogP contribution in [0.3, 0.4) is 0 Å². The fraction of sp³-hybridized carbons (Fsp3) is 0.611. The molecule has 0 aromatic carbocycles. The molecule has 1 fully saturated rings. The molecule has 142 valence electrons. The van der Waals surface area contributed by atoms with Crippen LogP contribution in [0.4, 0.5) is 0 Å².